The highest BCUT2D eigenvalue weighted by Crippen LogP contribution is 2.24. The summed E-state index contributed by atoms with van der Waals surface area (Å²) in [7, 11) is -3.58. The third kappa shape index (κ3) is 4.15. The van der Waals surface area contributed by atoms with Gasteiger partial charge in [-0.2, -0.15) is 9.57 Å². The van der Waals surface area contributed by atoms with Crippen molar-refractivity contribution in [1.82, 2.24) is 4.31 Å². The van der Waals surface area contributed by atoms with Gasteiger partial charge in [-0.25, -0.2) is 8.42 Å². The third-order valence-electron chi connectivity index (χ3n) is 3.73. The van der Waals surface area contributed by atoms with Crippen LogP contribution in [-0.4, -0.2) is 12.7 Å². The maximum absolute atomic E-state index is 13.0. The molecule has 25 heavy (non-hydrogen) atoms. The van der Waals surface area contributed by atoms with Gasteiger partial charge in [0.05, 0.1) is 11.6 Å². The molecule has 3 aromatic rings. The van der Waals surface area contributed by atoms with Crippen molar-refractivity contribution in [2.24, 2.45) is 0 Å². The molecule has 0 saturated heterocycles. The molecule has 0 spiro atoms. The van der Waals surface area contributed by atoms with Gasteiger partial charge in [-0.15, -0.1) is 11.3 Å². The van der Waals surface area contributed by atoms with Crippen LogP contribution < -0.4 is 0 Å². The van der Waals surface area contributed by atoms with E-state index in [1.807, 2.05) is 30.3 Å². The summed E-state index contributed by atoms with van der Waals surface area (Å²) < 4.78 is 27.8. The lowest BCUT2D eigenvalue weighted by molar-refractivity contribution is 0.402. The molecule has 0 unspecified atom stereocenters. The Kier molecular flexibility index (Phi) is 5.29. The van der Waals surface area contributed by atoms with E-state index in [1.165, 1.54) is 15.6 Å². The first-order chi connectivity index (χ1) is 12.1. The molecule has 126 valence electrons. The second-order valence-electron chi connectivity index (χ2n) is 5.50. The smallest absolute Gasteiger partial charge is 0.206 e. The minimum atomic E-state index is -3.58. The van der Waals surface area contributed by atoms with Crippen LogP contribution >= 0.6 is 11.3 Å². The van der Waals surface area contributed by atoms with Gasteiger partial charge in [-0.1, -0.05) is 48.5 Å². The Balaban J connectivity index is 1.92. The van der Waals surface area contributed by atoms with E-state index in [9.17, 15) is 8.42 Å². The molecule has 0 aliphatic heterocycles. The Morgan fingerprint density at radius 3 is 2.08 bits per heavy atom. The standard InChI is InChI=1S/C19H16N2O2S2/c20-13-16-8-10-18(11-9-16)15-21(14-17-5-2-1-3-6-17)25(22,23)19-7-4-12-24-19/h1-12H,14-15H2. The van der Waals surface area contributed by atoms with Crippen molar-refractivity contribution in [2.45, 2.75) is 17.3 Å². The van der Waals surface area contributed by atoms with Crippen molar-refractivity contribution in [3.05, 3.63) is 88.8 Å². The van der Waals surface area contributed by atoms with Crippen LogP contribution in [0, 0.1) is 11.3 Å². The molecule has 0 aliphatic rings. The monoisotopic (exact) mass is 368 g/mol. The van der Waals surface area contributed by atoms with Gasteiger partial charge in [-0.05, 0) is 34.7 Å². The molecule has 0 N–H and O–H groups in total. The fourth-order valence-electron chi connectivity index (χ4n) is 2.44. The second kappa shape index (κ2) is 7.62. The highest BCUT2D eigenvalue weighted by molar-refractivity contribution is 7.91. The number of nitrogens with zero attached hydrogens (tertiary/aromatic N) is 2. The van der Waals surface area contributed by atoms with E-state index in [-0.39, 0.29) is 6.54 Å². The number of benzene rings is 2. The molecule has 0 atom stereocenters. The van der Waals surface area contributed by atoms with Crippen molar-refractivity contribution >= 4 is 21.4 Å². The van der Waals surface area contributed by atoms with Crippen LogP contribution in [0.4, 0.5) is 0 Å². The Labute approximate surface area is 151 Å². The summed E-state index contributed by atoms with van der Waals surface area (Å²) in [5.74, 6) is 0. The van der Waals surface area contributed by atoms with Crippen LogP contribution in [0.2, 0.25) is 0 Å². The Morgan fingerprint density at radius 2 is 1.52 bits per heavy atom. The molecule has 3 rings (SSSR count). The van der Waals surface area contributed by atoms with Crippen molar-refractivity contribution in [3.8, 4) is 6.07 Å². The van der Waals surface area contributed by atoms with Crippen molar-refractivity contribution in [2.75, 3.05) is 0 Å². The number of nitriles is 1. The normalized spacial score (nSPS) is 11.4. The van der Waals surface area contributed by atoms with Crippen LogP contribution in [0.5, 0.6) is 0 Å². The van der Waals surface area contributed by atoms with Gasteiger partial charge < -0.3 is 0 Å². The lowest BCUT2D eigenvalue weighted by atomic mass is 10.1. The minimum absolute atomic E-state index is 0.251. The van der Waals surface area contributed by atoms with E-state index in [2.05, 4.69) is 6.07 Å². The lowest BCUT2D eigenvalue weighted by Crippen LogP contribution is -2.29. The number of sulfonamides is 1. The van der Waals surface area contributed by atoms with E-state index in [4.69, 9.17) is 5.26 Å². The van der Waals surface area contributed by atoms with Gasteiger partial charge in [0.1, 0.15) is 4.21 Å². The Bertz CT molecular complexity index is 959. The van der Waals surface area contributed by atoms with Crippen LogP contribution in [0.15, 0.2) is 76.3 Å². The molecule has 0 aliphatic carbocycles. The van der Waals surface area contributed by atoms with E-state index >= 15 is 0 Å². The van der Waals surface area contributed by atoms with Gasteiger partial charge in [0.2, 0.25) is 0 Å². The van der Waals surface area contributed by atoms with Crippen molar-refractivity contribution in [1.29, 1.82) is 5.26 Å². The Hall–Kier alpha value is -2.46. The zero-order valence-electron chi connectivity index (χ0n) is 13.4. The van der Waals surface area contributed by atoms with Gasteiger partial charge in [-0.3, -0.25) is 0 Å². The first-order valence-corrected chi connectivity index (χ1v) is 9.98. The first-order valence-electron chi connectivity index (χ1n) is 7.66. The van der Waals surface area contributed by atoms with E-state index in [0.717, 1.165) is 11.1 Å². The van der Waals surface area contributed by atoms with E-state index in [1.54, 1.807) is 41.8 Å². The SMILES string of the molecule is N#Cc1ccc(CN(Cc2ccccc2)S(=O)(=O)c2cccs2)cc1. The zero-order valence-corrected chi connectivity index (χ0v) is 15.0. The van der Waals surface area contributed by atoms with Crippen LogP contribution in [0.1, 0.15) is 16.7 Å². The molecule has 4 nitrogen and oxygen atoms in total. The van der Waals surface area contributed by atoms with E-state index in [0.29, 0.717) is 16.3 Å². The van der Waals surface area contributed by atoms with Crippen LogP contribution in [0.3, 0.4) is 0 Å². The Morgan fingerprint density at radius 1 is 0.880 bits per heavy atom. The zero-order chi connectivity index (χ0) is 17.7. The van der Waals surface area contributed by atoms with Crippen LogP contribution in [0.25, 0.3) is 0 Å². The van der Waals surface area contributed by atoms with Crippen molar-refractivity contribution < 1.29 is 8.42 Å². The van der Waals surface area contributed by atoms with Gasteiger partial charge in [0, 0.05) is 13.1 Å². The number of hydrogen-bond acceptors (Lipinski definition) is 4. The molecule has 2 aromatic carbocycles. The molecule has 0 radical (unpaired) electrons. The summed E-state index contributed by atoms with van der Waals surface area (Å²) >= 11 is 1.21. The summed E-state index contributed by atoms with van der Waals surface area (Å²) in [6.45, 7) is 0.544. The predicted molar refractivity (Wildman–Crippen MR) is 98.4 cm³/mol. The largest absolute Gasteiger partial charge is 0.253 e. The van der Waals surface area contributed by atoms with Gasteiger partial charge in [0.15, 0.2) is 0 Å². The minimum Gasteiger partial charge on any atom is -0.206 e. The molecule has 0 amide bonds. The second-order valence-corrected chi connectivity index (χ2v) is 8.61. The van der Waals surface area contributed by atoms with Crippen LogP contribution in [-0.2, 0) is 23.1 Å². The van der Waals surface area contributed by atoms with Gasteiger partial charge in [0.25, 0.3) is 10.0 Å². The highest BCUT2D eigenvalue weighted by Gasteiger charge is 2.25. The van der Waals surface area contributed by atoms with E-state index < -0.39 is 10.0 Å². The van der Waals surface area contributed by atoms with Crippen molar-refractivity contribution in [3.63, 3.8) is 0 Å². The lowest BCUT2D eigenvalue weighted by Gasteiger charge is -2.21. The average Bonchev–Trinajstić information content (AvgIpc) is 3.18. The summed E-state index contributed by atoms with van der Waals surface area (Å²) in [6, 6.07) is 21.9. The fraction of sp³-hybridized carbons (Fsp3) is 0.105. The molecule has 1 heterocycles. The number of rotatable bonds is 6. The summed E-state index contributed by atoms with van der Waals surface area (Å²) in [6.07, 6.45) is 0. The summed E-state index contributed by atoms with van der Waals surface area (Å²) in [4.78, 5) is 0. The van der Waals surface area contributed by atoms with Gasteiger partial charge >= 0.3 is 0 Å². The number of thiophene rings is 1. The third-order valence-corrected chi connectivity index (χ3v) is 6.90. The predicted octanol–water partition coefficient (Wildman–Crippen LogP) is 4.01. The highest BCUT2D eigenvalue weighted by atomic mass is 32.2. The maximum Gasteiger partial charge on any atom is 0.253 e. The quantitative estimate of drug-likeness (QED) is 0.660. The average molecular weight is 368 g/mol. The first kappa shape index (κ1) is 17.4. The number of hydrogen-bond donors (Lipinski definition) is 0. The molecular formula is C19H16N2O2S2. The molecular weight excluding hydrogens is 352 g/mol. The topological polar surface area (TPSA) is 61.2 Å². The molecule has 6 heteroatoms. The fourth-order valence-corrected chi connectivity index (χ4v) is 5.00. The molecule has 1 aromatic heterocycles. The maximum atomic E-state index is 13.0. The molecule has 0 bridgehead atoms. The summed E-state index contributed by atoms with van der Waals surface area (Å²) in [5.41, 5.74) is 2.32. The molecule has 0 saturated carbocycles. The summed E-state index contributed by atoms with van der Waals surface area (Å²) in [5, 5.41) is 10.7. The molecule has 0 fully saturated rings.